The average molecular weight is 379 g/mol. The van der Waals surface area contributed by atoms with Gasteiger partial charge < -0.3 is 19.2 Å². The molecule has 0 aliphatic carbocycles. The van der Waals surface area contributed by atoms with Crippen molar-refractivity contribution in [2.45, 2.75) is 27.7 Å². The predicted octanol–water partition coefficient (Wildman–Crippen LogP) is 5.58. The maximum atomic E-state index is 12.6. The quantitative estimate of drug-likeness (QED) is 0.544. The summed E-state index contributed by atoms with van der Waals surface area (Å²) in [6.45, 7) is 8.78. The van der Waals surface area contributed by atoms with Gasteiger partial charge in [-0.1, -0.05) is 12.1 Å². The minimum atomic E-state index is -0.226. The Kier molecular flexibility index (Phi) is 6.04. The smallest absolute Gasteiger partial charge is 0.248 e. The number of hydrogen-bond acceptors (Lipinski definition) is 4. The minimum absolute atomic E-state index is 0.226. The molecule has 0 saturated carbocycles. The Morgan fingerprint density at radius 2 is 1.82 bits per heavy atom. The molecule has 1 heterocycles. The van der Waals surface area contributed by atoms with E-state index < -0.39 is 0 Å². The minimum Gasteiger partial charge on any atom is -0.493 e. The maximum absolute atomic E-state index is 12.6. The lowest BCUT2D eigenvalue weighted by Gasteiger charge is -2.12. The maximum Gasteiger partial charge on any atom is 0.248 e. The highest BCUT2D eigenvalue weighted by atomic mass is 16.5. The van der Waals surface area contributed by atoms with Crippen molar-refractivity contribution in [2.75, 3.05) is 18.5 Å². The van der Waals surface area contributed by atoms with Crippen LogP contribution in [-0.4, -0.2) is 19.1 Å². The molecule has 0 bridgehead atoms. The second-order valence-corrected chi connectivity index (χ2v) is 6.44. The van der Waals surface area contributed by atoms with Gasteiger partial charge in [-0.2, -0.15) is 0 Å². The van der Waals surface area contributed by atoms with Crippen molar-refractivity contribution in [3.63, 3.8) is 0 Å². The lowest BCUT2D eigenvalue weighted by molar-refractivity contribution is -0.111. The third-order valence-corrected chi connectivity index (χ3v) is 4.39. The average Bonchev–Trinajstić information content (AvgIpc) is 3.03. The monoisotopic (exact) mass is 379 g/mol. The van der Waals surface area contributed by atoms with Crippen molar-refractivity contribution in [1.29, 1.82) is 0 Å². The first-order valence-electron chi connectivity index (χ1n) is 9.39. The van der Waals surface area contributed by atoms with Gasteiger partial charge in [0, 0.05) is 23.1 Å². The SMILES string of the molecule is CCOc1ccccc1NC(=O)/C=C(\C)c1cc2c(C)coc2cc1OCC. The van der Waals surface area contributed by atoms with E-state index in [-0.39, 0.29) is 5.91 Å². The number of anilines is 1. The summed E-state index contributed by atoms with van der Waals surface area (Å²) in [6.07, 6.45) is 3.29. The van der Waals surface area contributed by atoms with E-state index in [1.54, 1.807) is 12.3 Å². The molecule has 0 aliphatic heterocycles. The molecule has 0 fully saturated rings. The van der Waals surface area contributed by atoms with Gasteiger partial charge in [-0.05, 0) is 57.0 Å². The topological polar surface area (TPSA) is 60.7 Å². The van der Waals surface area contributed by atoms with Crippen LogP contribution in [0.1, 0.15) is 31.9 Å². The molecule has 0 spiro atoms. The van der Waals surface area contributed by atoms with Crippen LogP contribution in [0.5, 0.6) is 11.5 Å². The van der Waals surface area contributed by atoms with Crippen LogP contribution in [0.3, 0.4) is 0 Å². The summed E-state index contributed by atoms with van der Waals surface area (Å²) in [6, 6.07) is 11.3. The number of carbonyl (C=O) groups is 1. The summed E-state index contributed by atoms with van der Waals surface area (Å²) in [5.41, 5.74) is 4.13. The van der Waals surface area contributed by atoms with Gasteiger partial charge in [-0.25, -0.2) is 0 Å². The Hall–Kier alpha value is -3.21. The first-order chi connectivity index (χ1) is 13.5. The van der Waals surface area contributed by atoms with Gasteiger partial charge in [0.2, 0.25) is 5.91 Å². The Balaban J connectivity index is 1.91. The van der Waals surface area contributed by atoms with Gasteiger partial charge >= 0.3 is 0 Å². The van der Waals surface area contributed by atoms with Crippen molar-refractivity contribution < 1.29 is 18.7 Å². The third-order valence-electron chi connectivity index (χ3n) is 4.39. The van der Waals surface area contributed by atoms with E-state index in [0.717, 1.165) is 27.7 Å². The van der Waals surface area contributed by atoms with Gasteiger partial charge in [-0.15, -0.1) is 0 Å². The fraction of sp³-hybridized carbons (Fsp3) is 0.261. The lowest BCUT2D eigenvalue weighted by atomic mass is 10.0. The van der Waals surface area contributed by atoms with E-state index in [1.165, 1.54) is 0 Å². The molecule has 1 aromatic heterocycles. The number of ether oxygens (including phenoxy) is 2. The number of para-hydroxylation sites is 2. The third kappa shape index (κ3) is 4.19. The molecule has 5 heteroatoms. The van der Waals surface area contributed by atoms with E-state index in [9.17, 15) is 4.79 Å². The molecule has 0 radical (unpaired) electrons. The second kappa shape index (κ2) is 8.65. The highest BCUT2D eigenvalue weighted by molar-refractivity contribution is 6.05. The summed E-state index contributed by atoms with van der Waals surface area (Å²) in [5.74, 6) is 1.12. The number of carbonyl (C=O) groups excluding carboxylic acids is 1. The van der Waals surface area contributed by atoms with Gasteiger partial charge in [0.15, 0.2) is 0 Å². The van der Waals surface area contributed by atoms with Crippen LogP contribution >= 0.6 is 0 Å². The molecule has 3 aromatic rings. The zero-order valence-electron chi connectivity index (χ0n) is 16.7. The number of furan rings is 1. The van der Waals surface area contributed by atoms with Crippen LogP contribution < -0.4 is 14.8 Å². The Labute approximate surface area is 164 Å². The van der Waals surface area contributed by atoms with E-state index in [0.29, 0.717) is 30.4 Å². The summed E-state index contributed by atoms with van der Waals surface area (Å²) >= 11 is 0. The van der Waals surface area contributed by atoms with E-state index in [1.807, 2.05) is 64.1 Å². The Morgan fingerprint density at radius 3 is 2.57 bits per heavy atom. The van der Waals surface area contributed by atoms with Crippen LogP contribution in [0.25, 0.3) is 16.5 Å². The molecule has 3 rings (SSSR count). The molecule has 1 amide bonds. The normalized spacial score (nSPS) is 11.5. The number of benzene rings is 2. The lowest BCUT2D eigenvalue weighted by Crippen LogP contribution is -2.10. The molecule has 0 atom stereocenters. The highest BCUT2D eigenvalue weighted by Gasteiger charge is 2.13. The highest BCUT2D eigenvalue weighted by Crippen LogP contribution is 2.33. The van der Waals surface area contributed by atoms with E-state index in [2.05, 4.69) is 5.32 Å². The number of rotatable bonds is 7. The van der Waals surface area contributed by atoms with E-state index >= 15 is 0 Å². The van der Waals surface area contributed by atoms with Crippen LogP contribution in [0.15, 0.2) is 53.2 Å². The molecule has 0 saturated heterocycles. The van der Waals surface area contributed by atoms with Gasteiger partial charge in [-0.3, -0.25) is 4.79 Å². The Bertz CT molecular complexity index is 1020. The van der Waals surface area contributed by atoms with Crippen LogP contribution in [0, 0.1) is 6.92 Å². The first kappa shape index (κ1) is 19.5. The number of hydrogen-bond donors (Lipinski definition) is 1. The summed E-state index contributed by atoms with van der Waals surface area (Å²) in [7, 11) is 0. The predicted molar refractivity (Wildman–Crippen MR) is 112 cm³/mol. The molecule has 146 valence electrons. The zero-order valence-corrected chi connectivity index (χ0v) is 16.7. The number of amides is 1. The van der Waals surface area contributed by atoms with E-state index in [4.69, 9.17) is 13.9 Å². The van der Waals surface area contributed by atoms with Gasteiger partial charge in [0.25, 0.3) is 0 Å². The molecule has 0 aliphatic rings. The first-order valence-corrected chi connectivity index (χ1v) is 9.39. The largest absolute Gasteiger partial charge is 0.493 e. The van der Waals surface area contributed by atoms with Crippen molar-refractivity contribution in [3.05, 3.63) is 59.9 Å². The summed E-state index contributed by atoms with van der Waals surface area (Å²) in [5, 5.41) is 3.90. The van der Waals surface area contributed by atoms with Crippen molar-refractivity contribution in [3.8, 4) is 11.5 Å². The summed E-state index contributed by atoms with van der Waals surface area (Å²) in [4.78, 5) is 12.6. The molecule has 1 N–H and O–H groups in total. The van der Waals surface area contributed by atoms with Crippen LogP contribution in [0.2, 0.25) is 0 Å². The number of nitrogens with one attached hydrogen (secondary N) is 1. The molecule has 28 heavy (non-hydrogen) atoms. The molecule has 2 aromatic carbocycles. The number of fused-ring (bicyclic) bond motifs is 1. The molecule has 0 unspecified atom stereocenters. The molecule has 5 nitrogen and oxygen atoms in total. The molecular weight excluding hydrogens is 354 g/mol. The second-order valence-electron chi connectivity index (χ2n) is 6.44. The number of aryl methyl sites for hydroxylation is 1. The number of allylic oxidation sites excluding steroid dienone is 1. The van der Waals surface area contributed by atoms with Gasteiger partial charge in [0.05, 0.1) is 25.2 Å². The fourth-order valence-corrected chi connectivity index (χ4v) is 3.06. The van der Waals surface area contributed by atoms with Crippen LogP contribution in [0.4, 0.5) is 5.69 Å². The Morgan fingerprint density at radius 1 is 1.11 bits per heavy atom. The van der Waals surface area contributed by atoms with Crippen molar-refractivity contribution in [2.24, 2.45) is 0 Å². The summed E-state index contributed by atoms with van der Waals surface area (Å²) < 4.78 is 16.9. The van der Waals surface area contributed by atoms with Gasteiger partial charge in [0.1, 0.15) is 17.1 Å². The molecular formula is C23H25NO4. The fourth-order valence-electron chi connectivity index (χ4n) is 3.06. The van der Waals surface area contributed by atoms with Crippen LogP contribution in [-0.2, 0) is 4.79 Å². The van der Waals surface area contributed by atoms with Crippen molar-refractivity contribution in [1.82, 2.24) is 0 Å². The zero-order chi connectivity index (χ0) is 20.1. The van der Waals surface area contributed by atoms with Crippen molar-refractivity contribution >= 4 is 28.1 Å². The standard InChI is InChI=1S/C23H25NO4/c1-5-26-20-10-8-7-9-19(20)24-23(25)11-15(3)17-12-18-16(4)14-28-22(18)13-21(17)27-6-2/h7-14H,5-6H2,1-4H3,(H,24,25)/b15-11+.